The number of nitrogens with one attached hydrogen (secondary N) is 1. The summed E-state index contributed by atoms with van der Waals surface area (Å²) in [5.74, 6) is 1.59. The van der Waals surface area contributed by atoms with Gasteiger partial charge in [-0.1, -0.05) is 6.07 Å². The van der Waals surface area contributed by atoms with Crippen LogP contribution in [0.3, 0.4) is 0 Å². The monoisotopic (exact) mass is 231 g/mol. The van der Waals surface area contributed by atoms with Gasteiger partial charge in [0.05, 0.1) is 7.11 Å². The third-order valence-corrected chi connectivity index (χ3v) is 1.93. The Morgan fingerprint density at radius 3 is 2.60 bits per heavy atom. The van der Waals surface area contributed by atoms with E-state index in [2.05, 4.69) is 5.32 Å². The predicted octanol–water partition coefficient (Wildman–Crippen LogP) is 2.02. The van der Waals surface area contributed by atoms with Crippen molar-refractivity contribution in [2.45, 2.75) is 6.92 Å². The van der Waals surface area contributed by atoms with E-state index in [0.717, 1.165) is 18.0 Å². The first-order valence-corrected chi connectivity index (χ1v) is 4.70. The van der Waals surface area contributed by atoms with E-state index in [9.17, 15) is 0 Å². The molecule has 0 aromatic heterocycles. The number of aryl methyl sites for hydroxylation is 1. The van der Waals surface area contributed by atoms with Gasteiger partial charge in [0.15, 0.2) is 11.5 Å². The zero-order valence-electron chi connectivity index (χ0n) is 9.37. The van der Waals surface area contributed by atoms with Crippen molar-refractivity contribution >= 4 is 12.4 Å². The molecule has 0 unspecified atom stereocenters. The highest BCUT2D eigenvalue weighted by atomic mass is 35.5. The van der Waals surface area contributed by atoms with Crippen molar-refractivity contribution < 1.29 is 9.47 Å². The predicted molar refractivity (Wildman–Crippen MR) is 64.4 cm³/mol. The fourth-order valence-corrected chi connectivity index (χ4v) is 1.16. The molecule has 0 aliphatic carbocycles. The Kier molecular flexibility index (Phi) is 6.92. The number of ether oxygens (including phenoxy) is 2. The molecule has 0 bridgehead atoms. The minimum Gasteiger partial charge on any atom is -0.493 e. The summed E-state index contributed by atoms with van der Waals surface area (Å²) >= 11 is 0. The summed E-state index contributed by atoms with van der Waals surface area (Å²) in [7, 11) is 3.55. The minimum atomic E-state index is 0. The smallest absolute Gasteiger partial charge is 0.161 e. The maximum Gasteiger partial charge on any atom is 0.161 e. The number of rotatable bonds is 5. The van der Waals surface area contributed by atoms with Gasteiger partial charge >= 0.3 is 0 Å². The lowest BCUT2D eigenvalue weighted by molar-refractivity contribution is 0.295. The lowest BCUT2D eigenvalue weighted by atomic mass is 10.2. The van der Waals surface area contributed by atoms with Crippen molar-refractivity contribution in [3.05, 3.63) is 23.8 Å². The standard InChI is InChI=1S/C11H17NO2.ClH/c1-9-4-5-10(11(8-9)13-3)14-7-6-12-2;/h4-5,8,12H,6-7H2,1-3H3;1H. The summed E-state index contributed by atoms with van der Waals surface area (Å²) in [6.45, 7) is 3.51. The molecule has 1 N–H and O–H groups in total. The summed E-state index contributed by atoms with van der Waals surface area (Å²) in [5.41, 5.74) is 1.17. The molecule has 3 nitrogen and oxygen atoms in total. The zero-order chi connectivity index (χ0) is 10.4. The molecule has 0 heterocycles. The van der Waals surface area contributed by atoms with Gasteiger partial charge in [0.25, 0.3) is 0 Å². The number of hydrogen-bond acceptors (Lipinski definition) is 3. The van der Waals surface area contributed by atoms with Crippen molar-refractivity contribution in [3.8, 4) is 11.5 Å². The lowest BCUT2D eigenvalue weighted by Crippen LogP contribution is -2.16. The van der Waals surface area contributed by atoms with E-state index in [4.69, 9.17) is 9.47 Å². The molecule has 0 saturated heterocycles. The maximum atomic E-state index is 5.54. The third-order valence-electron chi connectivity index (χ3n) is 1.93. The number of likely N-dealkylation sites (N-methyl/N-ethyl adjacent to an activating group) is 1. The Morgan fingerprint density at radius 2 is 2.00 bits per heavy atom. The molecule has 0 aliphatic rings. The van der Waals surface area contributed by atoms with E-state index in [1.807, 2.05) is 32.2 Å². The largest absolute Gasteiger partial charge is 0.493 e. The highest BCUT2D eigenvalue weighted by Gasteiger charge is 2.02. The van der Waals surface area contributed by atoms with Crippen molar-refractivity contribution in [1.29, 1.82) is 0 Å². The molecule has 86 valence electrons. The second-order valence-electron chi connectivity index (χ2n) is 3.11. The fraction of sp³-hybridized carbons (Fsp3) is 0.455. The second kappa shape index (κ2) is 7.37. The van der Waals surface area contributed by atoms with Crippen LogP contribution in [0.4, 0.5) is 0 Å². The quantitative estimate of drug-likeness (QED) is 0.787. The molecular weight excluding hydrogens is 214 g/mol. The van der Waals surface area contributed by atoms with Crippen LogP contribution in [0.2, 0.25) is 0 Å². The van der Waals surface area contributed by atoms with Gasteiger partial charge in [0, 0.05) is 6.54 Å². The minimum absolute atomic E-state index is 0. The molecule has 0 fully saturated rings. The molecule has 0 radical (unpaired) electrons. The SMILES string of the molecule is CNCCOc1ccc(C)cc1OC.Cl. The van der Waals surface area contributed by atoms with Crippen molar-refractivity contribution in [2.24, 2.45) is 0 Å². The van der Waals surface area contributed by atoms with Crippen LogP contribution in [-0.2, 0) is 0 Å². The molecule has 0 aliphatic heterocycles. The average molecular weight is 232 g/mol. The molecule has 1 rings (SSSR count). The van der Waals surface area contributed by atoms with Gasteiger partial charge in [-0.3, -0.25) is 0 Å². The molecule has 0 amide bonds. The summed E-state index contributed by atoms with van der Waals surface area (Å²) in [6.07, 6.45) is 0. The van der Waals surface area contributed by atoms with Gasteiger partial charge in [0.1, 0.15) is 6.61 Å². The average Bonchev–Trinajstić information content (AvgIpc) is 2.20. The Hall–Kier alpha value is -0.930. The van der Waals surface area contributed by atoms with E-state index < -0.39 is 0 Å². The summed E-state index contributed by atoms with van der Waals surface area (Å²) in [5, 5.41) is 3.02. The second-order valence-corrected chi connectivity index (χ2v) is 3.11. The van der Waals surface area contributed by atoms with E-state index in [0.29, 0.717) is 6.61 Å². The Morgan fingerprint density at radius 1 is 1.27 bits per heavy atom. The Balaban J connectivity index is 0.00000196. The van der Waals surface area contributed by atoms with E-state index in [-0.39, 0.29) is 12.4 Å². The van der Waals surface area contributed by atoms with E-state index >= 15 is 0 Å². The summed E-state index contributed by atoms with van der Waals surface area (Å²) in [4.78, 5) is 0. The normalized spacial score (nSPS) is 9.27. The first-order valence-electron chi connectivity index (χ1n) is 4.70. The molecule has 0 atom stereocenters. The van der Waals surface area contributed by atoms with Crippen LogP contribution >= 0.6 is 12.4 Å². The van der Waals surface area contributed by atoms with Gasteiger partial charge in [-0.2, -0.15) is 0 Å². The van der Waals surface area contributed by atoms with Crippen molar-refractivity contribution in [2.75, 3.05) is 27.3 Å². The van der Waals surface area contributed by atoms with Gasteiger partial charge < -0.3 is 14.8 Å². The van der Waals surface area contributed by atoms with Crippen LogP contribution in [0.5, 0.6) is 11.5 Å². The molecule has 4 heteroatoms. The van der Waals surface area contributed by atoms with Crippen LogP contribution in [0.1, 0.15) is 5.56 Å². The third kappa shape index (κ3) is 4.40. The highest BCUT2D eigenvalue weighted by molar-refractivity contribution is 5.85. The van der Waals surface area contributed by atoms with Crippen LogP contribution < -0.4 is 14.8 Å². The molecule has 1 aromatic carbocycles. The zero-order valence-corrected chi connectivity index (χ0v) is 10.2. The van der Waals surface area contributed by atoms with E-state index in [1.54, 1.807) is 7.11 Å². The van der Waals surface area contributed by atoms with Crippen LogP contribution in [0, 0.1) is 6.92 Å². The van der Waals surface area contributed by atoms with Crippen molar-refractivity contribution in [1.82, 2.24) is 5.32 Å². The maximum absolute atomic E-state index is 5.54. The number of hydrogen-bond donors (Lipinski definition) is 1. The number of halogens is 1. The number of benzene rings is 1. The van der Waals surface area contributed by atoms with Crippen LogP contribution in [0.15, 0.2) is 18.2 Å². The van der Waals surface area contributed by atoms with Gasteiger partial charge in [-0.05, 0) is 31.7 Å². The van der Waals surface area contributed by atoms with E-state index in [1.165, 1.54) is 5.56 Å². The van der Waals surface area contributed by atoms with Crippen LogP contribution in [0.25, 0.3) is 0 Å². The highest BCUT2D eigenvalue weighted by Crippen LogP contribution is 2.27. The van der Waals surface area contributed by atoms with Gasteiger partial charge in [-0.25, -0.2) is 0 Å². The molecule has 1 aromatic rings. The number of methoxy groups -OCH3 is 1. The molecule has 0 saturated carbocycles. The Labute approximate surface area is 97.2 Å². The van der Waals surface area contributed by atoms with Crippen molar-refractivity contribution in [3.63, 3.8) is 0 Å². The fourth-order valence-electron chi connectivity index (χ4n) is 1.16. The first-order chi connectivity index (χ1) is 6.77. The van der Waals surface area contributed by atoms with Gasteiger partial charge in [0.2, 0.25) is 0 Å². The molecule has 0 spiro atoms. The Bertz CT molecular complexity index is 292. The van der Waals surface area contributed by atoms with Crippen LogP contribution in [-0.4, -0.2) is 27.3 Å². The summed E-state index contributed by atoms with van der Waals surface area (Å²) < 4.78 is 10.7. The lowest BCUT2D eigenvalue weighted by Gasteiger charge is -2.10. The van der Waals surface area contributed by atoms with Gasteiger partial charge in [-0.15, -0.1) is 12.4 Å². The molecular formula is C11H18ClNO2. The summed E-state index contributed by atoms with van der Waals surface area (Å²) in [6, 6.07) is 5.91. The first kappa shape index (κ1) is 14.1. The molecule has 15 heavy (non-hydrogen) atoms. The topological polar surface area (TPSA) is 30.5 Å².